The molecule has 63 heavy (non-hydrogen) atoms. The fraction of sp³-hybridized carbons (Fsp3) is 0.0164. The first-order valence-electron chi connectivity index (χ1n) is 21.8. The molecule has 1 heterocycles. The molecule has 0 bridgehead atoms. The molecule has 0 radical (unpaired) electrons. The smallest absolute Gasteiger partial charge is 0.0726 e. The largest absolute Gasteiger partial charge is 0.310 e. The molecule has 0 fully saturated rings. The van der Waals surface area contributed by atoms with Crippen LogP contribution in [0, 0.1) is 0 Å². The van der Waals surface area contributed by atoms with Crippen LogP contribution in [0.2, 0.25) is 0 Å². The number of benzene rings is 10. The Kier molecular flexibility index (Phi) is 7.85. The van der Waals surface area contributed by atoms with Crippen LogP contribution in [0.15, 0.2) is 243 Å². The van der Waals surface area contributed by atoms with Gasteiger partial charge in [0.05, 0.1) is 16.4 Å². The maximum atomic E-state index is 2.48. The highest BCUT2D eigenvalue weighted by molar-refractivity contribution is 6.10. The Balaban J connectivity index is 0.989. The first-order chi connectivity index (χ1) is 31.3. The summed E-state index contributed by atoms with van der Waals surface area (Å²) in [4.78, 5) is 2.44. The number of aromatic nitrogens is 1. The van der Waals surface area contributed by atoms with Gasteiger partial charge in [0.15, 0.2) is 0 Å². The lowest BCUT2D eigenvalue weighted by molar-refractivity contribution is 0.793. The molecule has 1 aromatic heterocycles. The Morgan fingerprint density at radius 2 is 0.778 bits per heavy atom. The second kappa shape index (κ2) is 13.9. The van der Waals surface area contributed by atoms with E-state index in [1.165, 1.54) is 88.6 Å². The van der Waals surface area contributed by atoms with Crippen LogP contribution in [-0.2, 0) is 5.41 Å². The lowest BCUT2D eigenvalue weighted by Gasteiger charge is -2.32. The molecule has 1 spiro atoms. The van der Waals surface area contributed by atoms with Crippen molar-refractivity contribution in [2.24, 2.45) is 0 Å². The van der Waals surface area contributed by atoms with E-state index >= 15 is 0 Å². The van der Waals surface area contributed by atoms with Crippen molar-refractivity contribution in [1.82, 2.24) is 4.57 Å². The van der Waals surface area contributed by atoms with E-state index in [1.807, 2.05) is 0 Å². The van der Waals surface area contributed by atoms with E-state index in [-0.39, 0.29) is 0 Å². The Hall–Kier alpha value is -8.20. The summed E-state index contributed by atoms with van der Waals surface area (Å²) in [6, 6.07) is 89.5. The molecule has 2 heteroatoms. The summed E-state index contributed by atoms with van der Waals surface area (Å²) in [7, 11) is 0. The Labute approximate surface area is 367 Å². The summed E-state index contributed by atoms with van der Waals surface area (Å²) in [6.07, 6.45) is 0. The molecule has 2 nitrogen and oxygen atoms in total. The molecule has 0 saturated carbocycles. The van der Waals surface area contributed by atoms with E-state index in [0.717, 1.165) is 22.7 Å². The van der Waals surface area contributed by atoms with Crippen molar-refractivity contribution in [3.8, 4) is 50.2 Å². The minimum atomic E-state index is -0.433. The fourth-order valence-electron chi connectivity index (χ4n) is 10.9. The van der Waals surface area contributed by atoms with Crippen molar-refractivity contribution in [3.63, 3.8) is 0 Å². The van der Waals surface area contributed by atoms with Crippen LogP contribution >= 0.6 is 0 Å². The predicted octanol–water partition coefficient (Wildman–Crippen LogP) is 15.9. The highest BCUT2D eigenvalue weighted by Gasteiger charge is 2.51. The van der Waals surface area contributed by atoms with E-state index in [0.29, 0.717) is 0 Å². The minimum absolute atomic E-state index is 0.433. The summed E-state index contributed by atoms with van der Waals surface area (Å²) < 4.78 is 2.39. The average molecular weight is 801 g/mol. The molecule has 0 N–H and O–H groups in total. The summed E-state index contributed by atoms with van der Waals surface area (Å²) in [5, 5.41) is 2.51. The van der Waals surface area contributed by atoms with Crippen molar-refractivity contribution in [2.45, 2.75) is 5.41 Å². The maximum absolute atomic E-state index is 2.48. The second-order valence-electron chi connectivity index (χ2n) is 16.8. The van der Waals surface area contributed by atoms with E-state index < -0.39 is 5.41 Å². The zero-order valence-corrected chi connectivity index (χ0v) is 34.5. The van der Waals surface area contributed by atoms with Gasteiger partial charge in [0.2, 0.25) is 0 Å². The number of fused-ring (bicyclic) bond motifs is 13. The molecule has 2 aliphatic rings. The standard InChI is InChI=1S/C61H40N2/c1-3-16-41(17-4-1)43-18-15-21-47(38-43)62(46-33-30-42(31-34-46)44-32-36-54-53-25-10-14-29-59(53)63(60(54)39-44)45-19-5-2-6-20-45)48-35-37-52-51-24-9-13-28-57(51)61(58(52)40-48)55-26-11-7-22-49(55)50-23-8-12-27-56(50)61/h1-40H. The van der Waals surface area contributed by atoms with Gasteiger partial charge in [-0.05, 0) is 127 Å². The van der Waals surface area contributed by atoms with Crippen molar-refractivity contribution in [3.05, 3.63) is 265 Å². The van der Waals surface area contributed by atoms with Gasteiger partial charge in [0.1, 0.15) is 0 Å². The third-order valence-electron chi connectivity index (χ3n) is 13.6. The Morgan fingerprint density at radius 3 is 1.48 bits per heavy atom. The van der Waals surface area contributed by atoms with Gasteiger partial charge in [-0.1, -0.05) is 182 Å². The van der Waals surface area contributed by atoms with Crippen LogP contribution in [0.4, 0.5) is 17.1 Å². The molecule has 13 rings (SSSR count). The molecular formula is C61H40N2. The quantitative estimate of drug-likeness (QED) is 0.163. The third-order valence-corrected chi connectivity index (χ3v) is 13.6. The van der Waals surface area contributed by atoms with Crippen molar-refractivity contribution >= 4 is 38.9 Å². The first-order valence-corrected chi connectivity index (χ1v) is 21.8. The van der Waals surface area contributed by atoms with Crippen LogP contribution < -0.4 is 4.90 Å². The molecule has 0 saturated heterocycles. The van der Waals surface area contributed by atoms with Gasteiger partial charge < -0.3 is 9.47 Å². The van der Waals surface area contributed by atoms with E-state index in [4.69, 9.17) is 0 Å². The molecule has 0 amide bonds. The third kappa shape index (κ3) is 5.25. The molecule has 2 aliphatic carbocycles. The van der Waals surface area contributed by atoms with Crippen molar-refractivity contribution in [2.75, 3.05) is 4.90 Å². The molecule has 0 atom stereocenters. The monoisotopic (exact) mass is 800 g/mol. The van der Waals surface area contributed by atoms with Crippen LogP contribution in [0.25, 0.3) is 72.0 Å². The lowest BCUT2D eigenvalue weighted by Crippen LogP contribution is -2.26. The molecule has 0 unspecified atom stereocenters. The van der Waals surface area contributed by atoms with Gasteiger partial charge in [-0.15, -0.1) is 0 Å². The maximum Gasteiger partial charge on any atom is 0.0726 e. The van der Waals surface area contributed by atoms with Gasteiger partial charge in [0, 0.05) is 33.5 Å². The van der Waals surface area contributed by atoms with Crippen LogP contribution in [-0.4, -0.2) is 4.57 Å². The summed E-state index contributed by atoms with van der Waals surface area (Å²) in [5.74, 6) is 0. The number of anilines is 3. The molecule has 11 aromatic rings. The van der Waals surface area contributed by atoms with Crippen molar-refractivity contribution < 1.29 is 0 Å². The lowest BCUT2D eigenvalue weighted by atomic mass is 9.70. The van der Waals surface area contributed by atoms with Crippen LogP contribution in [0.1, 0.15) is 22.3 Å². The number of nitrogens with zero attached hydrogens (tertiary/aromatic N) is 2. The van der Waals surface area contributed by atoms with Gasteiger partial charge in [-0.2, -0.15) is 0 Å². The summed E-state index contributed by atoms with van der Waals surface area (Å²) >= 11 is 0. The van der Waals surface area contributed by atoms with E-state index in [2.05, 4.69) is 252 Å². The summed E-state index contributed by atoms with van der Waals surface area (Å²) in [6.45, 7) is 0. The minimum Gasteiger partial charge on any atom is -0.310 e. The average Bonchev–Trinajstić information content (AvgIpc) is 3.96. The Bertz CT molecular complexity index is 3500. The molecule has 10 aromatic carbocycles. The van der Waals surface area contributed by atoms with Gasteiger partial charge in [-0.25, -0.2) is 0 Å². The van der Waals surface area contributed by atoms with E-state index in [9.17, 15) is 0 Å². The highest BCUT2D eigenvalue weighted by atomic mass is 15.1. The first kappa shape index (κ1) is 35.5. The number of hydrogen-bond donors (Lipinski definition) is 0. The van der Waals surface area contributed by atoms with Crippen LogP contribution in [0.5, 0.6) is 0 Å². The van der Waals surface area contributed by atoms with E-state index in [1.54, 1.807) is 0 Å². The highest BCUT2D eigenvalue weighted by Crippen LogP contribution is 2.63. The zero-order chi connectivity index (χ0) is 41.5. The molecule has 0 aliphatic heterocycles. The Morgan fingerprint density at radius 1 is 0.286 bits per heavy atom. The predicted molar refractivity (Wildman–Crippen MR) is 263 cm³/mol. The fourth-order valence-corrected chi connectivity index (χ4v) is 10.9. The molecule has 294 valence electrons. The summed E-state index contributed by atoms with van der Waals surface area (Å²) in [5.41, 5.74) is 21.8. The van der Waals surface area contributed by atoms with Gasteiger partial charge >= 0.3 is 0 Å². The zero-order valence-electron chi connectivity index (χ0n) is 34.5. The molecular weight excluding hydrogens is 761 g/mol. The number of hydrogen-bond acceptors (Lipinski definition) is 1. The van der Waals surface area contributed by atoms with Gasteiger partial charge in [-0.3, -0.25) is 0 Å². The normalized spacial score (nSPS) is 12.9. The number of para-hydroxylation sites is 2. The van der Waals surface area contributed by atoms with Gasteiger partial charge in [0.25, 0.3) is 0 Å². The topological polar surface area (TPSA) is 8.17 Å². The second-order valence-corrected chi connectivity index (χ2v) is 16.8. The van der Waals surface area contributed by atoms with Crippen LogP contribution in [0.3, 0.4) is 0 Å². The SMILES string of the molecule is c1ccc(-c2cccc(N(c3ccc(-c4ccc5c6ccccc6n(-c6ccccc6)c5c4)cc3)c3ccc4c(c3)C3(c5ccccc5-c5ccccc53)c3ccccc3-4)c2)cc1. The number of rotatable bonds is 6. The van der Waals surface area contributed by atoms with Crippen molar-refractivity contribution in [1.29, 1.82) is 0 Å².